The third-order valence-electron chi connectivity index (χ3n) is 7.32. The Morgan fingerprint density at radius 1 is 1.05 bits per heavy atom. The number of ether oxygens (including phenoxy) is 2. The van der Waals surface area contributed by atoms with Crippen molar-refractivity contribution in [2.24, 2.45) is 0 Å². The van der Waals surface area contributed by atoms with Crippen molar-refractivity contribution < 1.29 is 23.2 Å². The molecule has 0 N–H and O–H groups in total. The van der Waals surface area contributed by atoms with Gasteiger partial charge in [0.1, 0.15) is 34.9 Å². The lowest BCUT2D eigenvalue weighted by Crippen LogP contribution is -2.02. The Balaban J connectivity index is 1.24. The van der Waals surface area contributed by atoms with Crippen LogP contribution in [0.1, 0.15) is 77.2 Å². The van der Waals surface area contributed by atoms with Crippen LogP contribution in [0.25, 0.3) is 22.4 Å². The average molecular weight is 650 g/mol. The predicted octanol–water partition coefficient (Wildman–Crippen LogP) is 9.43. The van der Waals surface area contributed by atoms with E-state index in [1.54, 1.807) is 48.5 Å². The standard InChI is InChI=1S/C34H27Cl3N2O5/c1-3-4-8-29-38-28-16-19(15-23(33(28)43-29)34(40)41-2)9-10-20-13-14-22(17-27(20)37)42-18-24-31(39-44-32(24)21-11-12-21)30-25(35)6-5-7-26(30)36/h5-7,13-17,21H,3-4,8,11-12,18H2,1-2H3. The first-order valence-electron chi connectivity index (χ1n) is 14.2. The van der Waals surface area contributed by atoms with Gasteiger partial charge < -0.3 is 18.4 Å². The van der Waals surface area contributed by atoms with Crippen LogP contribution in [0, 0.1) is 11.8 Å². The van der Waals surface area contributed by atoms with Crippen molar-refractivity contribution in [3.63, 3.8) is 0 Å². The summed E-state index contributed by atoms with van der Waals surface area (Å²) < 4.78 is 22.7. The number of hydrogen-bond donors (Lipinski definition) is 0. The van der Waals surface area contributed by atoms with E-state index < -0.39 is 5.97 Å². The molecular weight excluding hydrogens is 623 g/mol. The second kappa shape index (κ2) is 13.0. The lowest BCUT2D eigenvalue weighted by atomic mass is 10.0. The number of fused-ring (bicyclic) bond motifs is 1. The Kier molecular flexibility index (Phi) is 8.86. The maximum absolute atomic E-state index is 12.5. The van der Waals surface area contributed by atoms with Gasteiger partial charge in [-0.05, 0) is 55.7 Å². The molecule has 0 amide bonds. The molecule has 0 saturated heterocycles. The number of rotatable bonds is 9. The molecule has 7 nitrogen and oxygen atoms in total. The van der Waals surface area contributed by atoms with E-state index in [4.69, 9.17) is 53.2 Å². The van der Waals surface area contributed by atoms with E-state index in [1.165, 1.54) is 7.11 Å². The molecule has 0 aliphatic heterocycles. The molecule has 1 saturated carbocycles. The summed E-state index contributed by atoms with van der Waals surface area (Å²) in [6.07, 6.45) is 4.68. The van der Waals surface area contributed by atoms with Gasteiger partial charge in [0.15, 0.2) is 11.5 Å². The highest BCUT2D eigenvalue weighted by molar-refractivity contribution is 6.39. The van der Waals surface area contributed by atoms with Crippen molar-refractivity contribution >= 4 is 51.9 Å². The van der Waals surface area contributed by atoms with Crippen LogP contribution in [0.4, 0.5) is 0 Å². The summed E-state index contributed by atoms with van der Waals surface area (Å²) in [5.41, 5.74) is 4.39. The minimum atomic E-state index is -0.519. The van der Waals surface area contributed by atoms with Crippen molar-refractivity contribution in [2.75, 3.05) is 7.11 Å². The normalized spacial score (nSPS) is 12.7. The zero-order valence-corrected chi connectivity index (χ0v) is 26.3. The Morgan fingerprint density at radius 3 is 2.55 bits per heavy atom. The molecule has 2 heterocycles. The maximum atomic E-state index is 12.5. The van der Waals surface area contributed by atoms with E-state index in [2.05, 4.69) is 28.9 Å². The predicted molar refractivity (Wildman–Crippen MR) is 170 cm³/mol. The van der Waals surface area contributed by atoms with E-state index in [0.29, 0.717) is 72.5 Å². The topological polar surface area (TPSA) is 87.6 Å². The SMILES string of the molecule is CCCCc1nc2cc(C#Cc3ccc(OCc4c(-c5c(Cl)cccc5Cl)noc4C4CC4)cc3Cl)cc(C(=O)OC)c2o1. The number of aromatic nitrogens is 2. The summed E-state index contributed by atoms with van der Waals surface area (Å²) in [4.78, 5) is 17.1. The highest BCUT2D eigenvalue weighted by Gasteiger charge is 2.33. The van der Waals surface area contributed by atoms with Crippen LogP contribution >= 0.6 is 34.8 Å². The summed E-state index contributed by atoms with van der Waals surface area (Å²) in [5.74, 6) is 7.88. The molecule has 0 spiro atoms. The quantitative estimate of drug-likeness (QED) is 0.116. The van der Waals surface area contributed by atoms with Crippen molar-refractivity contribution in [3.8, 4) is 28.8 Å². The van der Waals surface area contributed by atoms with Gasteiger partial charge in [0, 0.05) is 35.1 Å². The molecular formula is C34H27Cl3N2O5. The van der Waals surface area contributed by atoms with E-state index in [1.807, 2.05) is 0 Å². The van der Waals surface area contributed by atoms with E-state index >= 15 is 0 Å². The number of unbranched alkanes of at least 4 members (excludes halogenated alkanes) is 1. The number of aryl methyl sites for hydroxylation is 1. The lowest BCUT2D eigenvalue weighted by Gasteiger charge is -2.10. The molecule has 1 aliphatic rings. The molecule has 224 valence electrons. The lowest BCUT2D eigenvalue weighted by molar-refractivity contribution is 0.0601. The fourth-order valence-corrected chi connectivity index (χ4v) is 5.67. The van der Waals surface area contributed by atoms with Crippen LogP contribution in [0.15, 0.2) is 57.5 Å². The highest BCUT2D eigenvalue weighted by Crippen LogP contribution is 2.46. The first kappa shape index (κ1) is 30.1. The molecule has 3 aromatic carbocycles. The molecule has 2 aromatic heterocycles. The van der Waals surface area contributed by atoms with Gasteiger partial charge in [-0.25, -0.2) is 9.78 Å². The average Bonchev–Trinajstić information content (AvgIpc) is 3.65. The number of nitrogens with zero attached hydrogens (tertiary/aromatic N) is 2. The number of carbonyl (C=O) groups is 1. The Morgan fingerprint density at radius 2 is 1.84 bits per heavy atom. The molecule has 10 heteroatoms. The first-order chi connectivity index (χ1) is 21.4. The highest BCUT2D eigenvalue weighted by atomic mass is 35.5. The molecule has 0 unspecified atom stereocenters. The molecule has 6 rings (SSSR count). The van der Waals surface area contributed by atoms with Crippen LogP contribution < -0.4 is 4.74 Å². The van der Waals surface area contributed by atoms with Crippen LogP contribution in [0.3, 0.4) is 0 Å². The molecule has 44 heavy (non-hydrogen) atoms. The summed E-state index contributed by atoms with van der Waals surface area (Å²) in [7, 11) is 1.33. The van der Waals surface area contributed by atoms with Crippen molar-refractivity contribution in [3.05, 3.63) is 97.5 Å². The molecule has 5 aromatic rings. The molecule has 1 fully saturated rings. The smallest absolute Gasteiger partial charge is 0.341 e. The van der Waals surface area contributed by atoms with Gasteiger partial charge in [-0.15, -0.1) is 0 Å². The monoisotopic (exact) mass is 648 g/mol. The van der Waals surface area contributed by atoms with E-state index in [0.717, 1.165) is 37.0 Å². The number of hydrogen-bond acceptors (Lipinski definition) is 7. The maximum Gasteiger partial charge on any atom is 0.341 e. The zero-order valence-electron chi connectivity index (χ0n) is 24.0. The second-order valence-corrected chi connectivity index (χ2v) is 11.7. The summed E-state index contributed by atoms with van der Waals surface area (Å²) in [6, 6.07) is 14.0. The Labute approximate surface area is 269 Å². The van der Waals surface area contributed by atoms with Gasteiger partial charge in [-0.3, -0.25) is 0 Å². The van der Waals surface area contributed by atoms with Gasteiger partial charge in [-0.2, -0.15) is 0 Å². The van der Waals surface area contributed by atoms with Crippen molar-refractivity contribution in [1.82, 2.24) is 10.1 Å². The first-order valence-corrected chi connectivity index (χ1v) is 15.4. The Bertz CT molecular complexity index is 1910. The number of benzene rings is 3. The second-order valence-electron chi connectivity index (χ2n) is 10.5. The number of carbonyl (C=O) groups excluding carboxylic acids is 1. The van der Waals surface area contributed by atoms with Gasteiger partial charge in [-0.1, -0.05) is 71.2 Å². The van der Waals surface area contributed by atoms with Crippen LogP contribution in [-0.2, 0) is 17.8 Å². The third-order valence-corrected chi connectivity index (χ3v) is 8.26. The largest absolute Gasteiger partial charge is 0.489 e. The van der Waals surface area contributed by atoms with Gasteiger partial charge in [0.2, 0.25) is 0 Å². The molecule has 0 bridgehead atoms. The minimum Gasteiger partial charge on any atom is -0.489 e. The third kappa shape index (κ3) is 6.30. The summed E-state index contributed by atoms with van der Waals surface area (Å²) >= 11 is 19.6. The Hall–Kier alpha value is -3.96. The van der Waals surface area contributed by atoms with Gasteiger partial charge in [0.05, 0.1) is 27.7 Å². The molecule has 0 atom stereocenters. The fraction of sp³-hybridized carbons (Fsp3) is 0.265. The van der Waals surface area contributed by atoms with Crippen LogP contribution in [0.5, 0.6) is 5.75 Å². The number of halogens is 3. The number of esters is 1. The van der Waals surface area contributed by atoms with Crippen molar-refractivity contribution in [1.29, 1.82) is 0 Å². The number of oxazole rings is 1. The zero-order chi connectivity index (χ0) is 30.8. The fourth-order valence-electron chi connectivity index (χ4n) is 4.88. The van der Waals surface area contributed by atoms with Gasteiger partial charge >= 0.3 is 5.97 Å². The van der Waals surface area contributed by atoms with Crippen LogP contribution in [0.2, 0.25) is 15.1 Å². The van der Waals surface area contributed by atoms with E-state index in [9.17, 15) is 4.79 Å². The van der Waals surface area contributed by atoms with Crippen LogP contribution in [-0.4, -0.2) is 23.2 Å². The van der Waals surface area contributed by atoms with Crippen molar-refractivity contribution in [2.45, 2.75) is 51.6 Å². The van der Waals surface area contributed by atoms with Gasteiger partial charge in [0.25, 0.3) is 0 Å². The summed E-state index contributed by atoms with van der Waals surface area (Å²) in [5, 5.41) is 5.70. The number of methoxy groups -OCH3 is 1. The minimum absolute atomic E-state index is 0.196. The molecule has 1 aliphatic carbocycles. The summed E-state index contributed by atoms with van der Waals surface area (Å²) in [6.45, 7) is 2.29. The van der Waals surface area contributed by atoms with E-state index in [-0.39, 0.29) is 12.2 Å². The molecule has 0 radical (unpaired) electrons.